The summed E-state index contributed by atoms with van der Waals surface area (Å²) in [5.41, 5.74) is 0. The Kier molecular flexibility index (Phi) is 14.1. The molecule has 0 saturated heterocycles. The lowest BCUT2D eigenvalue weighted by Gasteiger charge is -2.07. The number of hydrogen-bond acceptors (Lipinski definition) is 4. The third-order valence-electron chi connectivity index (χ3n) is 3.46. The summed E-state index contributed by atoms with van der Waals surface area (Å²) in [6, 6.07) is 0. The van der Waals surface area contributed by atoms with Crippen molar-refractivity contribution in [2.75, 3.05) is 13.2 Å². The van der Waals surface area contributed by atoms with E-state index in [-0.39, 0.29) is 11.9 Å². The van der Waals surface area contributed by atoms with Crippen molar-refractivity contribution in [2.24, 2.45) is 5.92 Å². The Bertz CT molecular complexity index is 287. The summed E-state index contributed by atoms with van der Waals surface area (Å²) in [5, 5.41) is 0. The van der Waals surface area contributed by atoms with Crippen molar-refractivity contribution < 1.29 is 19.1 Å². The van der Waals surface area contributed by atoms with E-state index in [4.69, 9.17) is 9.47 Å². The molecule has 4 nitrogen and oxygen atoms in total. The summed E-state index contributed by atoms with van der Waals surface area (Å²) in [7, 11) is 0. The number of hydrogen-bond donors (Lipinski definition) is 0. The molecule has 0 saturated carbocycles. The van der Waals surface area contributed by atoms with Crippen molar-refractivity contribution in [3.8, 4) is 0 Å². The van der Waals surface area contributed by atoms with Crippen LogP contribution in [0.5, 0.6) is 0 Å². The molecule has 0 N–H and O–H groups in total. The fraction of sp³-hybridized carbons (Fsp3) is 0.889. The minimum atomic E-state index is -0.212. The van der Waals surface area contributed by atoms with Gasteiger partial charge in [0, 0.05) is 12.8 Å². The van der Waals surface area contributed by atoms with Gasteiger partial charge in [0.1, 0.15) is 0 Å². The second kappa shape index (κ2) is 14.9. The van der Waals surface area contributed by atoms with Crippen LogP contribution in [0.2, 0.25) is 0 Å². The van der Waals surface area contributed by atoms with Crippen LogP contribution < -0.4 is 0 Å². The van der Waals surface area contributed by atoms with Crippen LogP contribution in [0.15, 0.2) is 0 Å². The molecule has 4 heteroatoms. The standard InChI is InChI=1S/C18H34O4/c1-4-5-6-7-8-14-21-17(19)12-9-13-18(20)22-15-10-11-16(2)3/h16H,4-15H2,1-3H3. The van der Waals surface area contributed by atoms with Gasteiger partial charge < -0.3 is 9.47 Å². The van der Waals surface area contributed by atoms with Crippen molar-refractivity contribution in [1.29, 1.82) is 0 Å². The molecule has 130 valence electrons. The Labute approximate surface area is 135 Å². The average Bonchev–Trinajstić information content (AvgIpc) is 2.47. The van der Waals surface area contributed by atoms with Crippen molar-refractivity contribution in [1.82, 2.24) is 0 Å². The van der Waals surface area contributed by atoms with Gasteiger partial charge in [-0.25, -0.2) is 0 Å². The number of carbonyl (C=O) groups is 2. The third kappa shape index (κ3) is 15.3. The van der Waals surface area contributed by atoms with Crippen LogP contribution in [0.25, 0.3) is 0 Å². The maximum absolute atomic E-state index is 11.5. The van der Waals surface area contributed by atoms with Gasteiger partial charge in [-0.2, -0.15) is 0 Å². The number of rotatable bonds is 14. The van der Waals surface area contributed by atoms with E-state index in [9.17, 15) is 9.59 Å². The van der Waals surface area contributed by atoms with Gasteiger partial charge in [0.25, 0.3) is 0 Å². The Morgan fingerprint density at radius 3 is 1.86 bits per heavy atom. The Morgan fingerprint density at radius 2 is 1.32 bits per heavy atom. The smallest absolute Gasteiger partial charge is 0.305 e. The van der Waals surface area contributed by atoms with E-state index in [0.717, 1.165) is 25.7 Å². The highest BCUT2D eigenvalue weighted by atomic mass is 16.5. The second-order valence-electron chi connectivity index (χ2n) is 6.24. The number of unbranched alkanes of at least 4 members (excludes halogenated alkanes) is 4. The van der Waals surface area contributed by atoms with Gasteiger partial charge in [-0.05, 0) is 31.6 Å². The summed E-state index contributed by atoms with van der Waals surface area (Å²) in [6.07, 6.45) is 8.80. The van der Waals surface area contributed by atoms with Gasteiger partial charge in [0.15, 0.2) is 0 Å². The molecule has 0 aromatic carbocycles. The zero-order valence-corrected chi connectivity index (χ0v) is 14.7. The van der Waals surface area contributed by atoms with Crippen LogP contribution in [-0.2, 0) is 19.1 Å². The summed E-state index contributed by atoms with van der Waals surface area (Å²) in [5.74, 6) is 0.217. The van der Waals surface area contributed by atoms with Crippen molar-refractivity contribution >= 4 is 11.9 Å². The lowest BCUT2D eigenvalue weighted by molar-refractivity contribution is -0.145. The van der Waals surface area contributed by atoms with E-state index < -0.39 is 0 Å². The van der Waals surface area contributed by atoms with Crippen molar-refractivity contribution in [3.63, 3.8) is 0 Å². The molecular formula is C18H34O4. The van der Waals surface area contributed by atoms with Gasteiger partial charge in [-0.1, -0.05) is 46.5 Å². The monoisotopic (exact) mass is 314 g/mol. The second-order valence-corrected chi connectivity index (χ2v) is 6.24. The molecule has 0 bridgehead atoms. The first-order valence-electron chi connectivity index (χ1n) is 8.87. The number of ether oxygens (including phenoxy) is 2. The topological polar surface area (TPSA) is 52.6 Å². The molecule has 0 amide bonds. The first kappa shape index (κ1) is 20.9. The first-order chi connectivity index (χ1) is 10.6. The average molecular weight is 314 g/mol. The van der Waals surface area contributed by atoms with Gasteiger partial charge >= 0.3 is 11.9 Å². The maximum atomic E-state index is 11.5. The number of carbonyl (C=O) groups excluding carboxylic acids is 2. The lowest BCUT2D eigenvalue weighted by atomic mass is 10.1. The molecule has 0 aromatic rings. The van der Waals surface area contributed by atoms with Crippen LogP contribution in [0.1, 0.15) is 85.0 Å². The number of esters is 2. The summed E-state index contributed by atoms with van der Waals surface area (Å²) >= 11 is 0. The summed E-state index contributed by atoms with van der Waals surface area (Å²) < 4.78 is 10.3. The van der Waals surface area contributed by atoms with E-state index in [0.29, 0.717) is 38.4 Å². The minimum absolute atomic E-state index is 0.205. The Morgan fingerprint density at radius 1 is 0.773 bits per heavy atom. The molecular weight excluding hydrogens is 280 g/mol. The van der Waals surface area contributed by atoms with Crippen LogP contribution in [0.4, 0.5) is 0 Å². The minimum Gasteiger partial charge on any atom is -0.466 e. The zero-order chi connectivity index (χ0) is 16.6. The molecule has 0 fully saturated rings. The molecule has 0 unspecified atom stereocenters. The fourth-order valence-corrected chi connectivity index (χ4v) is 2.09. The maximum Gasteiger partial charge on any atom is 0.305 e. The highest BCUT2D eigenvalue weighted by Gasteiger charge is 2.07. The molecule has 0 aliphatic rings. The van der Waals surface area contributed by atoms with Gasteiger partial charge in [0.05, 0.1) is 13.2 Å². The van der Waals surface area contributed by atoms with Crippen LogP contribution in [0.3, 0.4) is 0 Å². The molecule has 0 aliphatic heterocycles. The van der Waals surface area contributed by atoms with Crippen molar-refractivity contribution in [2.45, 2.75) is 85.0 Å². The highest BCUT2D eigenvalue weighted by Crippen LogP contribution is 2.06. The van der Waals surface area contributed by atoms with E-state index in [1.165, 1.54) is 19.3 Å². The molecule has 22 heavy (non-hydrogen) atoms. The van der Waals surface area contributed by atoms with Crippen molar-refractivity contribution in [3.05, 3.63) is 0 Å². The van der Waals surface area contributed by atoms with Gasteiger partial charge in [-0.15, -0.1) is 0 Å². The first-order valence-corrected chi connectivity index (χ1v) is 8.87. The lowest BCUT2D eigenvalue weighted by Crippen LogP contribution is -2.09. The van der Waals surface area contributed by atoms with E-state index >= 15 is 0 Å². The van der Waals surface area contributed by atoms with E-state index in [1.54, 1.807) is 0 Å². The van der Waals surface area contributed by atoms with Gasteiger partial charge in [-0.3, -0.25) is 9.59 Å². The quantitative estimate of drug-likeness (QED) is 0.346. The molecule has 0 aromatic heterocycles. The van der Waals surface area contributed by atoms with Crippen LogP contribution in [0, 0.1) is 5.92 Å². The zero-order valence-electron chi connectivity index (χ0n) is 14.7. The largest absolute Gasteiger partial charge is 0.466 e. The van der Waals surface area contributed by atoms with E-state index in [1.807, 2.05) is 0 Å². The Balaban J connectivity index is 3.37. The molecule has 0 heterocycles. The van der Waals surface area contributed by atoms with E-state index in [2.05, 4.69) is 20.8 Å². The van der Waals surface area contributed by atoms with Gasteiger partial charge in [0.2, 0.25) is 0 Å². The molecule has 0 atom stereocenters. The predicted molar refractivity (Wildman–Crippen MR) is 88.6 cm³/mol. The third-order valence-corrected chi connectivity index (χ3v) is 3.46. The molecule has 0 radical (unpaired) electrons. The molecule has 0 spiro atoms. The van der Waals surface area contributed by atoms with Crippen LogP contribution in [-0.4, -0.2) is 25.2 Å². The SMILES string of the molecule is CCCCCCCOC(=O)CCCC(=O)OCCCC(C)C. The molecule has 0 aliphatic carbocycles. The predicted octanol–water partition coefficient (Wildman–Crippen LogP) is 4.65. The highest BCUT2D eigenvalue weighted by molar-refractivity contribution is 5.72. The van der Waals surface area contributed by atoms with Crippen LogP contribution >= 0.6 is 0 Å². The Hall–Kier alpha value is -1.06. The normalized spacial score (nSPS) is 10.7. The summed E-state index contributed by atoms with van der Waals surface area (Å²) in [6.45, 7) is 7.46. The summed E-state index contributed by atoms with van der Waals surface area (Å²) in [4.78, 5) is 22.9. The molecule has 0 rings (SSSR count). The fourth-order valence-electron chi connectivity index (χ4n) is 2.09.